The molecule has 0 saturated carbocycles. The molecule has 1 N–H and O–H groups in total. The third-order valence-corrected chi connectivity index (χ3v) is 3.84. The summed E-state index contributed by atoms with van der Waals surface area (Å²) in [7, 11) is 1.40. The van der Waals surface area contributed by atoms with Crippen molar-refractivity contribution in [1.82, 2.24) is 5.43 Å². The Kier molecular flexibility index (Phi) is 5.64. The van der Waals surface area contributed by atoms with Crippen molar-refractivity contribution < 1.29 is 23.4 Å². The molecule has 138 valence electrons. The Morgan fingerprint density at radius 1 is 1.30 bits per heavy atom. The number of hydrogen-bond donors (Lipinski definition) is 1. The van der Waals surface area contributed by atoms with Gasteiger partial charge in [-0.1, -0.05) is 12.1 Å². The third kappa shape index (κ3) is 4.22. The number of hydrazone groups is 1. The number of carbonyl (C=O) groups excluding carboxylic acids is 1. The third-order valence-electron chi connectivity index (χ3n) is 3.84. The Balaban J connectivity index is 1.68. The molecule has 0 spiro atoms. The van der Waals surface area contributed by atoms with Crippen molar-refractivity contribution in [1.29, 1.82) is 5.26 Å². The molecule has 0 bridgehead atoms. The summed E-state index contributed by atoms with van der Waals surface area (Å²) in [5, 5.41) is 12.5. The number of amides is 1. The van der Waals surface area contributed by atoms with E-state index in [4.69, 9.17) is 19.5 Å². The van der Waals surface area contributed by atoms with Gasteiger partial charge in [0.1, 0.15) is 25.1 Å². The summed E-state index contributed by atoms with van der Waals surface area (Å²) in [6, 6.07) is 10.9. The second-order valence-electron chi connectivity index (χ2n) is 5.60. The summed E-state index contributed by atoms with van der Waals surface area (Å²) in [6.07, 6.45) is 0.370. The fourth-order valence-electron chi connectivity index (χ4n) is 2.55. The summed E-state index contributed by atoms with van der Waals surface area (Å²) in [6.45, 7) is 0.914. The van der Waals surface area contributed by atoms with Crippen LogP contribution in [0.2, 0.25) is 0 Å². The minimum Gasteiger partial charge on any atom is -0.486 e. The molecule has 1 heterocycles. The van der Waals surface area contributed by atoms with E-state index in [1.54, 1.807) is 24.3 Å². The van der Waals surface area contributed by atoms with Crippen molar-refractivity contribution in [2.24, 2.45) is 5.10 Å². The first-order valence-electron chi connectivity index (χ1n) is 8.07. The molecule has 7 nitrogen and oxygen atoms in total. The number of carbonyl (C=O) groups is 1. The Labute approximate surface area is 155 Å². The van der Waals surface area contributed by atoms with Crippen LogP contribution in [0.1, 0.15) is 22.8 Å². The van der Waals surface area contributed by atoms with Gasteiger partial charge in [-0.2, -0.15) is 10.4 Å². The molecule has 1 amide bonds. The number of halogens is 1. The standard InChI is InChI=1S/C19H16FN3O4/c1-25-18(13-4-5-16-17(9-13)27-7-6-26-16)19(24)23-22-11-12-2-3-14(10-21)15(20)8-12/h2-5,8-9,11,18H,6-7H2,1H3,(H,23,24)/b22-11+. The van der Waals surface area contributed by atoms with Gasteiger partial charge in [0.25, 0.3) is 5.91 Å². The first-order valence-corrected chi connectivity index (χ1v) is 8.07. The number of nitriles is 1. The van der Waals surface area contributed by atoms with Gasteiger partial charge < -0.3 is 14.2 Å². The van der Waals surface area contributed by atoms with Gasteiger partial charge in [-0.25, -0.2) is 9.82 Å². The van der Waals surface area contributed by atoms with Gasteiger partial charge in [-0.05, 0) is 35.4 Å². The summed E-state index contributed by atoms with van der Waals surface area (Å²) >= 11 is 0. The maximum atomic E-state index is 13.6. The minimum atomic E-state index is -0.907. The first-order chi connectivity index (χ1) is 13.1. The van der Waals surface area contributed by atoms with Gasteiger partial charge in [0, 0.05) is 7.11 Å². The number of fused-ring (bicyclic) bond motifs is 1. The fourth-order valence-corrected chi connectivity index (χ4v) is 2.55. The van der Waals surface area contributed by atoms with Gasteiger partial charge in [-0.15, -0.1) is 0 Å². The monoisotopic (exact) mass is 369 g/mol. The Bertz CT molecular complexity index is 924. The molecule has 0 radical (unpaired) electrons. The van der Waals surface area contributed by atoms with E-state index in [1.165, 1.54) is 25.5 Å². The molecule has 3 rings (SSSR count). The number of ether oxygens (including phenoxy) is 3. The number of benzene rings is 2. The summed E-state index contributed by atoms with van der Waals surface area (Å²) in [5.41, 5.74) is 3.28. The van der Waals surface area contributed by atoms with E-state index in [0.29, 0.717) is 35.8 Å². The zero-order chi connectivity index (χ0) is 19.2. The lowest BCUT2D eigenvalue weighted by Gasteiger charge is -2.20. The zero-order valence-corrected chi connectivity index (χ0v) is 14.4. The van der Waals surface area contributed by atoms with Gasteiger partial charge in [0.2, 0.25) is 0 Å². The molecule has 0 fully saturated rings. The minimum absolute atomic E-state index is 0.0609. The average molecular weight is 369 g/mol. The van der Waals surface area contributed by atoms with Gasteiger partial charge in [0.05, 0.1) is 11.8 Å². The average Bonchev–Trinajstić information content (AvgIpc) is 2.68. The van der Waals surface area contributed by atoms with Crippen LogP contribution in [0.4, 0.5) is 4.39 Å². The van der Waals surface area contributed by atoms with Gasteiger partial charge in [-0.3, -0.25) is 4.79 Å². The van der Waals surface area contributed by atoms with E-state index < -0.39 is 17.8 Å². The SMILES string of the molecule is COC(C(=O)N/N=C/c1ccc(C#N)c(F)c1)c1ccc2c(c1)OCCO2. The fraction of sp³-hybridized carbons (Fsp3) is 0.211. The topological polar surface area (TPSA) is 92.9 Å². The first kappa shape index (κ1) is 18.4. The van der Waals surface area contributed by atoms with Crippen LogP contribution in [0.25, 0.3) is 0 Å². The number of nitrogens with zero attached hydrogens (tertiary/aromatic N) is 2. The Morgan fingerprint density at radius 2 is 2.07 bits per heavy atom. The maximum absolute atomic E-state index is 13.6. The highest BCUT2D eigenvalue weighted by atomic mass is 19.1. The molecule has 2 aromatic rings. The van der Waals surface area contributed by atoms with Crippen molar-refractivity contribution in [3.63, 3.8) is 0 Å². The molecule has 1 atom stereocenters. The maximum Gasteiger partial charge on any atom is 0.273 e. The van der Waals surface area contributed by atoms with Crippen LogP contribution in [-0.2, 0) is 9.53 Å². The molecule has 1 aliphatic heterocycles. The van der Waals surface area contributed by atoms with E-state index in [1.807, 2.05) is 0 Å². The smallest absolute Gasteiger partial charge is 0.273 e. The van der Waals surface area contributed by atoms with Crippen LogP contribution in [-0.4, -0.2) is 32.4 Å². The zero-order valence-electron chi connectivity index (χ0n) is 14.4. The van der Waals surface area contributed by atoms with Crippen LogP contribution in [0, 0.1) is 17.1 Å². The van der Waals surface area contributed by atoms with Crippen molar-refractivity contribution in [3.8, 4) is 17.6 Å². The van der Waals surface area contributed by atoms with E-state index in [0.717, 1.165) is 6.07 Å². The number of hydrogen-bond acceptors (Lipinski definition) is 6. The molecule has 0 aromatic heterocycles. The Morgan fingerprint density at radius 3 is 2.78 bits per heavy atom. The van der Waals surface area contributed by atoms with E-state index in [9.17, 15) is 9.18 Å². The van der Waals surface area contributed by atoms with Crippen LogP contribution < -0.4 is 14.9 Å². The van der Waals surface area contributed by atoms with E-state index >= 15 is 0 Å². The largest absolute Gasteiger partial charge is 0.486 e. The quantitative estimate of drug-likeness (QED) is 0.645. The van der Waals surface area contributed by atoms with Crippen molar-refractivity contribution in [2.75, 3.05) is 20.3 Å². The van der Waals surface area contributed by atoms with Crippen LogP contribution in [0.5, 0.6) is 11.5 Å². The highest BCUT2D eigenvalue weighted by molar-refractivity contribution is 5.85. The van der Waals surface area contributed by atoms with E-state index in [-0.39, 0.29) is 5.56 Å². The van der Waals surface area contributed by atoms with Gasteiger partial charge in [0.15, 0.2) is 17.6 Å². The van der Waals surface area contributed by atoms with Crippen molar-refractivity contribution >= 4 is 12.1 Å². The molecular formula is C19H16FN3O4. The second kappa shape index (κ2) is 8.29. The summed E-state index contributed by atoms with van der Waals surface area (Å²) in [4.78, 5) is 12.4. The van der Waals surface area contributed by atoms with Gasteiger partial charge >= 0.3 is 0 Å². The number of nitrogens with one attached hydrogen (secondary N) is 1. The molecule has 8 heteroatoms. The molecule has 0 aliphatic carbocycles. The van der Waals surface area contributed by atoms with Crippen molar-refractivity contribution in [3.05, 3.63) is 58.9 Å². The predicted molar refractivity (Wildman–Crippen MR) is 94.0 cm³/mol. The van der Waals surface area contributed by atoms with E-state index in [2.05, 4.69) is 10.5 Å². The predicted octanol–water partition coefficient (Wildman–Crippen LogP) is 2.31. The molecular weight excluding hydrogens is 353 g/mol. The normalized spacial score (nSPS) is 13.8. The lowest BCUT2D eigenvalue weighted by Crippen LogP contribution is -2.27. The molecule has 0 saturated heterocycles. The lowest BCUT2D eigenvalue weighted by atomic mass is 10.1. The molecule has 1 aliphatic rings. The lowest BCUT2D eigenvalue weighted by molar-refractivity contribution is -0.131. The molecule has 2 aromatic carbocycles. The number of rotatable bonds is 5. The second-order valence-corrected chi connectivity index (χ2v) is 5.60. The highest BCUT2D eigenvalue weighted by Gasteiger charge is 2.22. The van der Waals surface area contributed by atoms with Crippen LogP contribution in [0.3, 0.4) is 0 Å². The highest BCUT2D eigenvalue weighted by Crippen LogP contribution is 2.33. The number of methoxy groups -OCH3 is 1. The van der Waals surface area contributed by atoms with Crippen molar-refractivity contribution in [2.45, 2.75) is 6.10 Å². The Hall–Kier alpha value is -3.44. The summed E-state index contributed by atoms with van der Waals surface area (Å²) < 4.78 is 29.8. The molecule has 27 heavy (non-hydrogen) atoms. The molecule has 1 unspecified atom stereocenters. The summed E-state index contributed by atoms with van der Waals surface area (Å²) in [5.74, 6) is 0.00431. The van der Waals surface area contributed by atoms with Crippen LogP contribution >= 0.6 is 0 Å². The van der Waals surface area contributed by atoms with Crippen LogP contribution in [0.15, 0.2) is 41.5 Å².